The summed E-state index contributed by atoms with van der Waals surface area (Å²) in [6.07, 6.45) is 3.37. The Balaban J connectivity index is 1.58. The summed E-state index contributed by atoms with van der Waals surface area (Å²) in [6.45, 7) is 3.96. The van der Waals surface area contributed by atoms with Crippen molar-refractivity contribution in [3.63, 3.8) is 0 Å². The number of aryl methyl sites for hydroxylation is 1. The summed E-state index contributed by atoms with van der Waals surface area (Å²) in [5.41, 5.74) is 0.980. The highest BCUT2D eigenvalue weighted by atomic mass is 32.2. The van der Waals surface area contributed by atoms with Gasteiger partial charge in [-0.2, -0.15) is 4.31 Å². The minimum absolute atomic E-state index is 0.182. The molecule has 1 aromatic carbocycles. The molecule has 2 heterocycles. The fourth-order valence-corrected chi connectivity index (χ4v) is 4.00. The van der Waals surface area contributed by atoms with Crippen molar-refractivity contribution in [1.29, 1.82) is 0 Å². The second-order valence-electron chi connectivity index (χ2n) is 6.49. The first kappa shape index (κ1) is 19.2. The van der Waals surface area contributed by atoms with E-state index in [1.165, 1.54) is 7.05 Å². The van der Waals surface area contributed by atoms with Gasteiger partial charge in [-0.05, 0) is 25.1 Å². The van der Waals surface area contributed by atoms with Gasteiger partial charge >= 0.3 is 0 Å². The molecule has 0 aliphatic carbocycles. The summed E-state index contributed by atoms with van der Waals surface area (Å²) in [5.74, 6) is 0.436. The van der Waals surface area contributed by atoms with E-state index in [9.17, 15) is 13.2 Å². The lowest BCUT2D eigenvalue weighted by Gasteiger charge is -2.35. The molecule has 1 aliphatic heterocycles. The van der Waals surface area contributed by atoms with Crippen LogP contribution in [0.4, 0.5) is 5.95 Å². The number of nitrogens with zero attached hydrogens (tertiary/aromatic N) is 5. The van der Waals surface area contributed by atoms with E-state index in [0.29, 0.717) is 32.1 Å². The Morgan fingerprint density at radius 1 is 1.07 bits per heavy atom. The van der Waals surface area contributed by atoms with Crippen molar-refractivity contribution in [1.82, 2.24) is 19.2 Å². The zero-order valence-electron chi connectivity index (χ0n) is 15.4. The summed E-state index contributed by atoms with van der Waals surface area (Å²) in [6, 6.07) is 8.36. The molecule has 0 unspecified atom stereocenters. The van der Waals surface area contributed by atoms with Crippen LogP contribution in [0.3, 0.4) is 0 Å². The lowest BCUT2D eigenvalue weighted by atomic mass is 10.2. The molecule has 8 nitrogen and oxygen atoms in total. The number of hydrogen-bond donors (Lipinski definition) is 0. The van der Waals surface area contributed by atoms with Crippen molar-refractivity contribution in [2.45, 2.75) is 11.8 Å². The van der Waals surface area contributed by atoms with Crippen molar-refractivity contribution in [3.05, 3.63) is 48.3 Å². The summed E-state index contributed by atoms with van der Waals surface area (Å²) < 4.78 is 26.4. The Bertz CT molecular complexity index is 879. The molecule has 0 saturated carbocycles. The normalized spacial score (nSPS) is 15.2. The highest BCUT2D eigenvalue weighted by molar-refractivity contribution is 7.89. The standard InChI is InChI=1S/C18H23N5O3S/c1-15-4-6-16(7-5-15)27(25,26)21(2)14-17(24)22-10-12-23(13-11-22)18-19-8-3-9-20-18/h3-9H,10-14H2,1-2H3. The Kier molecular flexibility index (Phi) is 5.71. The van der Waals surface area contributed by atoms with E-state index in [4.69, 9.17) is 0 Å². The molecule has 0 N–H and O–H groups in total. The predicted molar refractivity (Wildman–Crippen MR) is 102 cm³/mol. The van der Waals surface area contributed by atoms with E-state index in [-0.39, 0.29) is 17.3 Å². The number of benzene rings is 1. The number of sulfonamides is 1. The predicted octanol–water partition coefficient (Wildman–Crippen LogP) is 0.754. The number of hydrogen-bond acceptors (Lipinski definition) is 6. The molecule has 0 spiro atoms. The number of amides is 1. The van der Waals surface area contributed by atoms with Gasteiger partial charge in [-0.1, -0.05) is 17.7 Å². The number of anilines is 1. The van der Waals surface area contributed by atoms with Gasteiger partial charge in [0.15, 0.2) is 0 Å². The van der Waals surface area contributed by atoms with E-state index in [1.54, 1.807) is 47.6 Å². The van der Waals surface area contributed by atoms with Crippen LogP contribution in [-0.2, 0) is 14.8 Å². The molecule has 1 amide bonds. The molecule has 0 atom stereocenters. The fraction of sp³-hybridized carbons (Fsp3) is 0.389. The van der Waals surface area contributed by atoms with Crippen molar-refractivity contribution in [3.8, 4) is 0 Å². The summed E-state index contributed by atoms with van der Waals surface area (Å²) in [4.78, 5) is 24.9. The van der Waals surface area contributed by atoms with Gasteiger partial charge in [0.2, 0.25) is 21.9 Å². The van der Waals surface area contributed by atoms with Crippen molar-refractivity contribution < 1.29 is 13.2 Å². The minimum atomic E-state index is -3.69. The Morgan fingerprint density at radius 2 is 1.67 bits per heavy atom. The average molecular weight is 389 g/mol. The highest BCUT2D eigenvalue weighted by Gasteiger charge is 2.27. The molecule has 9 heteroatoms. The zero-order chi connectivity index (χ0) is 19.4. The molecule has 27 heavy (non-hydrogen) atoms. The average Bonchev–Trinajstić information content (AvgIpc) is 2.69. The number of likely N-dealkylation sites (N-methyl/N-ethyl adjacent to an activating group) is 1. The Labute approximate surface area is 159 Å². The first-order chi connectivity index (χ1) is 12.9. The van der Waals surface area contributed by atoms with Crippen molar-refractivity contribution in [2.75, 3.05) is 44.7 Å². The second kappa shape index (κ2) is 8.01. The van der Waals surface area contributed by atoms with Gasteiger partial charge in [0, 0.05) is 45.6 Å². The molecule has 3 rings (SSSR count). The third-order valence-electron chi connectivity index (χ3n) is 4.55. The fourth-order valence-electron chi connectivity index (χ4n) is 2.88. The van der Waals surface area contributed by atoms with E-state index in [2.05, 4.69) is 9.97 Å². The van der Waals surface area contributed by atoms with Crippen molar-refractivity contribution >= 4 is 21.9 Å². The lowest BCUT2D eigenvalue weighted by molar-refractivity contribution is -0.131. The third-order valence-corrected chi connectivity index (χ3v) is 6.37. The molecular weight excluding hydrogens is 366 g/mol. The maximum absolute atomic E-state index is 12.6. The van der Waals surface area contributed by atoms with Gasteiger partial charge in [-0.25, -0.2) is 18.4 Å². The number of carbonyl (C=O) groups excluding carboxylic acids is 1. The SMILES string of the molecule is Cc1ccc(S(=O)(=O)N(C)CC(=O)N2CCN(c3ncccn3)CC2)cc1. The summed E-state index contributed by atoms with van der Waals surface area (Å²) >= 11 is 0. The second-order valence-corrected chi connectivity index (χ2v) is 8.54. The first-order valence-electron chi connectivity index (χ1n) is 8.70. The molecule has 1 aromatic heterocycles. The molecule has 1 aliphatic rings. The van der Waals surface area contributed by atoms with Gasteiger partial charge in [-0.15, -0.1) is 0 Å². The molecular formula is C18H23N5O3S. The van der Waals surface area contributed by atoms with Gasteiger partial charge in [0.1, 0.15) is 0 Å². The molecule has 0 radical (unpaired) electrons. The number of aromatic nitrogens is 2. The number of carbonyl (C=O) groups is 1. The summed E-state index contributed by atoms with van der Waals surface area (Å²) in [5, 5.41) is 0. The van der Waals surface area contributed by atoms with Crippen LogP contribution in [0, 0.1) is 6.92 Å². The highest BCUT2D eigenvalue weighted by Crippen LogP contribution is 2.16. The molecule has 0 bridgehead atoms. The number of rotatable bonds is 5. The van der Waals surface area contributed by atoms with Crippen LogP contribution in [0.25, 0.3) is 0 Å². The molecule has 144 valence electrons. The van der Waals surface area contributed by atoms with Crippen molar-refractivity contribution in [2.24, 2.45) is 0 Å². The minimum Gasteiger partial charge on any atom is -0.338 e. The molecule has 2 aromatic rings. The van der Waals surface area contributed by atoms with Gasteiger partial charge in [-0.3, -0.25) is 4.79 Å². The van der Waals surface area contributed by atoms with Gasteiger partial charge in [0.25, 0.3) is 0 Å². The summed E-state index contributed by atoms with van der Waals surface area (Å²) in [7, 11) is -2.26. The zero-order valence-corrected chi connectivity index (χ0v) is 16.3. The maximum Gasteiger partial charge on any atom is 0.243 e. The maximum atomic E-state index is 12.6. The van der Waals surface area contributed by atoms with E-state index in [0.717, 1.165) is 9.87 Å². The monoisotopic (exact) mass is 389 g/mol. The first-order valence-corrected chi connectivity index (χ1v) is 10.1. The quantitative estimate of drug-likeness (QED) is 0.750. The number of piperazine rings is 1. The largest absolute Gasteiger partial charge is 0.338 e. The van der Waals surface area contributed by atoms with E-state index >= 15 is 0 Å². The van der Waals surface area contributed by atoms with Gasteiger partial charge < -0.3 is 9.80 Å². The Hall–Kier alpha value is -2.52. The van der Waals surface area contributed by atoms with E-state index in [1.807, 2.05) is 11.8 Å². The van der Waals surface area contributed by atoms with Crippen LogP contribution in [0.15, 0.2) is 47.6 Å². The van der Waals surface area contributed by atoms with Crippen LogP contribution in [0.5, 0.6) is 0 Å². The Morgan fingerprint density at radius 3 is 2.26 bits per heavy atom. The molecule has 1 fully saturated rings. The van der Waals surface area contributed by atoms with Gasteiger partial charge in [0.05, 0.1) is 11.4 Å². The van der Waals surface area contributed by atoms with Crippen LogP contribution in [0.2, 0.25) is 0 Å². The molecule has 1 saturated heterocycles. The smallest absolute Gasteiger partial charge is 0.243 e. The topological polar surface area (TPSA) is 86.7 Å². The van der Waals surface area contributed by atoms with Crippen LogP contribution < -0.4 is 4.90 Å². The lowest BCUT2D eigenvalue weighted by Crippen LogP contribution is -2.51. The van der Waals surface area contributed by atoms with E-state index < -0.39 is 10.0 Å². The third kappa shape index (κ3) is 4.42. The van der Waals surface area contributed by atoms with Crippen LogP contribution >= 0.6 is 0 Å². The van der Waals surface area contributed by atoms with Crippen LogP contribution in [0.1, 0.15) is 5.56 Å². The van der Waals surface area contributed by atoms with Crippen LogP contribution in [-0.4, -0.2) is 73.3 Å².